The summed E-state index contributed by atoms with van der Waals surface area (Å²) in [6.07, 6.45) is 0.944. The zero-order valence-corrected chi connectivity index (χ0v) is 10.2. The second-order valence-corrected chi connectivity index (χ2v) is 4.67. The van der Waals surface area contributed by atoms with Crippen LogP contribution in [0.5, 0.6) is 0 Å². The molecule has 19 heavy (non-hydrogen) atoms. The van der Waals surface area contributed by atoms with Crippen LogP contribution in [0.4, 0.5) is 0 Å². The zero-order chi connectivity index (χ0) is 12.7. The van der Waals surface area contributed by atoms with E-state index in [-0.39, 0.29) is 5.92 Å². The van der Waals surface area contributed by atoms with Gasteiger partial charge in [0.15, 0.2) is 11.6 Å². The highest BCUT2D eigenvalue weighted by atomic mass is 16.5. The van der Waals surface area contributed by atoms with E-state index in [1.54, 1.807) is 0 Å². The lowest BCUT2D eigenvalue weighted by Crippen LogP contribution is -1.99. The molecule has 2 aromatic heterocycles. The fourth-order valence-electron chi connectivity index (χ4n) is 2.33. The number of furan rings is 1. The molecule has 3 aromatic rings. The van der Waals surface area contributed by atoms with E-state index in [0.29, 0.717) is 24.1 Å². The van der Waals surface area contributed by atoms with Gasteiger partial charge in [0.25, 0.3) is 5.89 Å². The Hall–Kier alpha value is -2.14. The van der Waals surface area contributed by atoms with E-state index in [0.717, 1.165) is 24.0 Å². The van der Waals surface area contributed by atoms with Gasteiger partial charge in [0, 0.05) is 17.9 Å². The minimum Gasteiger partial charge on any atom is -0.451 e. The number of aromatic nitrogens is 2. The monoisotopic (exact) mass is 256 g/mol. The molecular weight excluding hydrogens is 244 g/mol. The van der Waals surface area contributed by atoms with E-state index in [4.69, 9.17) is 13.7 Å². The first-order valence-electron chi connectivity index (χ1n) is 6.30. The number of hydrogen-bond donors (Lipinski definition) is 0. The summed E-state index contributed by atoms with van der Waals surface area (Å²) in [4.78, 5) is 4.41. The Kier molecular flexibility index (Phi) is 2.38. The van der Waals surface area contributed by atoms with Crippen molar-refractivity contribution in [1.82, 2.24) is 10.1 Å². The normalized spacial score (nSPS) is 19.3. The molecule has 1 aliphatic heterocycles. The van der Waals surface area contributed by atoms with Crippen molar-refractivity contribution in [2.75, 3.05) is 13.2 Å². The fraction of sp³-hybridized carbons (Fsp3) is 0.286. The van der Waals surface area contributed by atoms with E-state index in [1.165, 1.54) is 0 Å². The van der Waals surface area contributed by atoms with Crippen LogP contribution in [0.25, 0.3) is 22.6 Å². The standard InChI is InChI=1S/C14H12N2O3/c1-2-4-11-9(3-1)7-12(18-11)14-15-13(16-19-14)10-5-6-17-8-10/h1-4,7,10H,5-6,8H2/t10-/m1/s1. The highest BCUT2D eigenvalue weighted by Crippen LogP contribution is 2.29. The maximum atomic E-state index is 5.70. The minimum atomic E-state index is 0.238. The predicted octanol–water partition coefficient (Wildman–Crippen LogP) is 2.99. The van der Waals surface area contributed by atoms with E-state index in [2.05, 4.69) is 10.1 Å². The third kappa shape index (κ3) is 1.82. The molecule has 5 nitrogen and oxygen atoms in total. The second kappa shape index (κ2) is 4.20. The van der Waals surface area contributed by atoms with Crippen molar-refractivity contribution in [2.24, 2.45) is 0 Å². The molecule has 96 valence electrons. The average molecular weight is 256 g/mol. The van der Waals surface area contributed by atoms with E-state index in [1.807, 2.05) is 30.3 Å². The van der Waals surface area contributed by atoms with Crippen molar-refractivity contribution in [3.05, 3.63) is 36.2 Å². The summed E-state index contributed by atoms with van der Waals surface area (Å²) in [5, 5.41) is 5.05. The molecule has 0 saturated carbocycles. The number of ether oxygens (including phenoxy) is 1. The van der Waals surface area contributed by atoms with E-state index in [9.17, 15) is 0 Å². The maximum Gasteiger partial charge on any atom is 0.293 e. The van der Waals surface area contributed by atoms with Crippen LogP contribution in [0, 0.1) is 0 Å². The molecule has 0 amide bonds. The van der Waals surface area contributed by atoms with Crippen LogP contribution in [0.3, 0.4) is 0 Å². The minimum absolute atomic E-state index is 0.238. The molecule has 1 aromatic carbocycles. The van der Waals surface area contributed by atoms with Gasteiger partial charge in [-0.3, -0.25) is 0 Å². The Morgan fingerprint density at radius 2 is 2.16 bits per heavy atom. The lowest BCUT2D eigenvalue weighted by Gasteiger charge is -1.97. The molecule has 5 heteroatoms. The lowest BCUT2D eigenvalue weighted by molar-refractivity contribution is 0.192. The number of para-hydroxylation sites is 1. The molecule has 1 fully saturated rings. The number of benzene rings is 1. The lowest BCUT2D eigenvalue weighted by atomic mass is 10.1. The van der Waals surface area contributed by atoms with Crippen molar-refractivity contribution in [3.63, 3.8) is 0 Å². The highest BCUT2D eigenvalue weighted by Gasteiger charge is 2.24. The maximum absolute atomic E-state index is 5.70. The van der Waals surface area contributed by atoms with Gasteiger partial charge in [0.05, 0.1) is 6.61 Å². The smallest absolute Gasteiger partial charge is 0.293 e. The molecular formula is C14H12N2O3. The van der Waals surface area contributed by atoms with Gasteiger partial charge < -0.3 is 13.7 Å². The van der Waals surface area contributed by atoms with Crippen molar-refractivity contribution >= 4 is 11.0 Å². The second-order valence-electron chi connectivity index (χ2n) is 4.67. The molecule has 1 saturated heterocycles. The molecule has 0 radical (unpaired) electrons. The van der Waals surface area contributed by atoms with Gasteiger partial charge in [0.1, 0.15) is 5.58 Å². The zero-order valence-electron chi connectivity index (χ0n) is 10.2. The third-order valence-electron chi connectivity index (χ3n) is 3.37. The molecule has 0 N–H and O–H groups in total. The summed E-state index contributed by atoms with van der Waals surface area (Å²) < 4.78 is 16.3. The van der Waals surface area contributed by atoms with Crippen LogP contribution in [-0.2, 0) is 4.74 Å². The molecule has 3 heterocycles. The summed E-state index contributed by atoms with van der Waals surface area (Å²) in [6.45, 7) is 1.43. The van der Waals surface area contributed by atoms with Crippen molar-refractivity contribution in [2.45, 2.75) is 12.3 Å². The molecule has 1 aliphatic rings. The van der Waals surface area contributed by atoms with Crippen LogP contribution in [-0.4, -0.2) is 23.4 Å². The topological polar surface area (TPSA) is 61.3 Å². The molecule has 0 spiro atoms. The summed E-state index contributed by atoms with van der Waals surface area (Å²) in [7, 11) is 0. The summed E-state index contributed by atoms with van der Waals surface area (Å²) in [6, 6.07) is 9.73. The number of rotatable bonds is 2. The van der Waals surface area contributed by atoms with Crippen LogP contribution in [0.15, 0.2) is 39.3 Å². The van der Waals surface area contributed by atoms with Gasteiger partial charge in [-0.2, -0.15) is 4.98 Å². The van der Waals surface area contributed by atoms with Gasteiger partial charge in [-0.15, -0.1) is 0 Å². The Labute approximate surface area is 109 Å². The Bertz CT molecular complexity index is 677. The highest BCUT2D eigenvalue weighted by molar-refractivity contribution is 5.81. The molecule has 0 aliphatic carbocycles. The Balaban J connectivity index is 1.71. The predicted molar refractivity (Wildman–Crippen MR) is 67.7 cm³/mol. The van der Waals surface area contributed by atoms with E-state index >= 15 is 0 Å². The van der Waals surface area contributed by atoms with Gasteiger partial charge in [-0.1, -0.05) is 23.4 Å². The van der Waals surface area contributed by atoms with Crippen LogP contribution >= 0.6 is 0 Å². The Morgan fingerprint density at radius 1 is 1.21 bits per heavy atom. The summed E-state index contributed by atoms with van der Waals surface area (Å²) in [5.41, 5.74) is 0.821. The molecule has 1 atom stereocenters. The Morgan fingerprint density at radius 3 is 3.00 bits per heavy atom. The van der Waals surface area contributed by atoms with Crippen LogP contribution in [0.2, 0.25) is 0 Å². The number of nitrogens with zero attached hydrogens (tertiary/aromatic N) is 2. The summed E-state index contributed by atoms with van der Waals surface area (Å²) >= 11 is 0. The fourth-order valence-corrected chi connectivity index (χ4v) is 2.33. The van der Waals surface area contributed by atoms with Gasteiger partial charge >= 0.3 is 0 Å². The van der Waals surface area contributed by atoms with Crippen molar-refractivity contribution in [3.8, 4) is 11.7 Å². The van der Waals surface area contributed by atoms with Gasteiger partial charge in [-0.25, -0.2) is 0 Å². The first-order chi connectivity index (χ1) is 9.40. The van der Waals surface area contributed by atoms with Crippen molar-refractivity contribution < 1.29 is 13.7 Å². The van der Waals surface area contributed by atoms with E-state index < -0.39 is 0 Å². The quantitative estimate of drug-likeness (QED) is 0.705. The van der Waals surface area contributed by atoms with Crippen molar-refractivity contribution in [1.29, 1.82) is 0 Å². The third-order valence-corrected chi connectivity index (χ3v) is 3.37. The molecule has 4 rings (SSSR count). The number of hydrogen-bond acceptors (Lipinski definition) is 5. The van der Waals surface area contributed by atoms with Crippen LogP contribution in [0.1, 0.15) is 18.2 Å². The number of fused-ring (bicyclic) bond motifs is 1. The van der Waals surface area contributed by atoms with Gasteiger partial charge in [0.2, 0.25) is 0 Å². The average Bonchev–Trinajstić information content (AvgIpc) is 3.17. The van der Waals surface area contributed by atoms with Gasteiger partial charge in [-0.05, 0) is 18.6 Å². The van der Waals surface area contributed by atoms with Crippen LogP contribution < -0.4 is 0 Å². The SMILES string of the molecule is c1ccc2oc(-c3nc([C@@H]4CCOC4)no3)cc2c1. The first kappa shape index (κ1) is 10.8. The first-order valence-corrected chi connectivity index (χ1v) is 6.30. The molecule has 0 bridgehead atoms. The summed E-state index contributed by atoms with van der Waals surface area (Å²) in [5.74, 6) is 1.98. The largest absolute Gasteiger partial charge is 0.451 e. The molecule has 0 unspecified atom stereocenters.